The molecule has 0 fully saturated rings. The molecule has 64 heavy (non-hydrogen) atoms. The molecule has 0 aliphatic carbocycles. The number of rotatable bonds is 8. The van der Waals surface area contributed by atoms with E-state index in [1.807, 2.05) is 0 Å². The van der Waals surface area contributed by atoms with Crippen LogP contribution in [0.15, 0.2) is 231 Å². The number of fused-ring (bicyclic) bond motifs is 2. The molecule has 0 amide bonds. The Morgan fingerprint density at radius 1 is 0.391 bits per heavy atom. The molecular formula is C62H50N2. The molecule has 11 rings (SSSR count). The summed E-state index contributed by atoms with van der Waals surface area (Å²) in [5.41, 5.74) is 17.0. The summed E-state index contributed by atoms with van der Waals surface area (Å²) < 4.78 is 2.45. The van der Waals surface area contributed by atoms with Crippen molar-refractivity contribution in [3.63, 3.8) is 0 Å². The number of anilines is 1. The van der Waals surface area contributed by atoms with Crippen LogP contribution >= 0.6 is 0 Å². The van der Waals surface area contributed by atoms with Gasteiger partial charge in [-0.15, -0.1) is 0 Å². The van der Waals surface area contributed by atoms with Crippen molar-refractivity contribution in [3.05, 3.63) is 247 Å². The molecule has 0 N–H and O–H groups in total. The minimum Gasteiger partial charge on any atom is -0.333 e. The molecule has 308 valence electrons. The van der Waals surface area contributed by atoms with Gasteiger partial charge in [-0.2, -0.15) is 0 Å². The van der Waals surface area contributed by atoms with E-state index in [2.05, 4.69) is 261 Å². The van der Waals surface area contributed by atoms with Crippen LogP contribution in [-0.4, -0.2) is 4.57 Å². The van der Waals surface area contributed by atoms with Crippen molar-refractivity contribution in [2.45, 2.75) is 38.6 Å². The van der Waals surface area contributed by atoms with Crippen LogP contribution in [-0.2, 0) is 5.41 Å². The SMILES string of the molecule is CC(C)(C)c1ccc(-c2c3ccc(N4C(c5ccccc5)=CCC4c4ccccc4)cc3c(-c3ccccc3)c3ccc(-n4c(-c5ccccc5)ccc4-c4ccccc4)cc23)cc1. The van der Waals surface area contributed by atoms with Crippen LogP contribution < -0.4 is 4.90 Å². The van der Waals surface area contributed by atoms with Gasteiger partial charge in [0, 0.05) is 17.1 Å². The number of nitrogens with zero attached hydrogens (tertiary/aromatic N) is 2. The standard InChI is InChI=1S/C62H50N2/c1-62(2,3)49-31-29-48(30-32-49)61-53-36-34-50(63-56(43-19-9-4-10-20-43)37-38-57(63)44-21-11-5-12-22-44)41-54(53)60(47-27-17-8-18-28-47)52-35-33-51(42-55(52)61)64-58(45-23-13-6-14-24-45)39-40-59(64)46-25-15-7-16-26-46/h4-37,39-42,57H,38H2,1-3H3. The first-order valence-electron chi connectivity index (χ1n) is 22.5. The molecule has 0 radical (unpaired) electrons. The number of hydrogen-bond acceptors (Lipinski definition) is 1. The first-order chi connectivity index (χ1) is 31.4. The lowest BCUT2D eigenvalue weighted by Crippen LogP contribution is -2.22. The Labute approximate surface area is 377 Å². The van der Waals surface area contributed by atoms with Crippen molar-refractivity contribution in [2.24, 2.45) is 0 Å². The lowest BCUT2D eigenvalue weighted by atomic mass is 9.83. The summed E-state index contributed by atoms with van der Waals surface area (Å²) in [5.74, 6) is 0. The van der Waals surface area contributed by atoms with Gasteiger partial charge >= 0.3 is 0 Å². The summed E-state index contributed by atoms with van der Waals surface area (Å²) in [6.45, 7) is 6.88. The second-order valence-corrected chi connectivity index (χ2v) is 18.1. The van der Waals surface area contributed by atoms with E-state index in [0.717, 1.165) is 23.5 Å². The van der Waals surface area contributed by atoms with E-state index in [4.69, 9.17) is 0 Å². The third kappa shape index (κ3) is 7.02. The fraction of sp³-hybridized carbons (Fsp3) is 0.0968. The second-order valence-electron chi connectivity index (χ2n) is 18.1. The fourth-order valence-corrected chi connectivity index (χ4v) is 9.98. The molecule has 1 aliphatic heterocycles. The minimum atomic E-state index is 0.0347. The van der Waals surface area contributed by atoms with E-state index in [1.165, 1.54) is 83.0 Å². The van der Waals surface area contributed by atoms with Crippen LogP contribution in [0.1, 0.15) is 49.9 Å². The smallest absolute Gasteiger partial charge is 0.0626 e. The van der Waals surface area contributed by atoms with E-state index in [1.54, 1.807) is 0 Å². The average Bonchev–Trinajstić information content (AvgIpc) is 4.00. The van der Waals surface area contributed by atoms with Crippen molar-refractivity contribution in [2.75, 3.05) is 4.90 Å². The summed E-state index contributed by atoms with van der Waals surface area (Å²) in [6, 6.07) is 82.9. The van der Waals surface area contributed by atoms with Crippen LogP contribution in [0.3, 0.4) is 0 Å². The Morgan fingerprint density at radius 3 is 1.34 bits per heavy atom. The topological polar surface area (TPSA) is 8.17 Å². The van der Waals surface area contributed by atoms with Gasteiger partial charge in [-0.25, -0.2) is 0 Å². The maximum Gasteiger partial charge on any atom is 0.0626 e. The van der Waals surface area contributed by atoms with Gasteiger partial charge in [-0.05, 0) is 120 Å². The van der Waals surface area contributed by atoms with Gasteiger partial charge in [0.2, 0.25) is 0 Å². The third-order valence-corrected chi connectivity index (χ3v) is 13.1. The van der Waals surface area contributed by atoms with Gasteiger partial charge in [-0.1, -0.05) is 215 Å². The third-order valence-electron chi connectivity index (χ3n) is 13.1. The van der Waals surface area contributed by atoms with Crippen molar-refractivity contribution < 1.29 is 0 Å². The molecule has 2 heterocycles. The quantitative estimate of drug-likeness (QED) is 0.139. The zero-order valence-corrected chi connectivity index (χ0v) is 36.6. The van der Waals surface area contributed by atoms with E-state index in [9.17, 15) is 0 Å². The molecular weight excluding hydrogens is 773 g/mol. The van der Waals surface area contributed by atoms with Gasteiger partial charge < -0.3 is 9.47 Å². The maximum atomic E-state index is 2.58. The Morgan fingerprint density at radius 2 is 0.828 bits per heavy atom. The van der Waals surface area contributed by atoms with Gasteiger partial charge in [0.15, 0.2) is 0 Å². The first-order valence-corrected chi connectivity index (χ1v) is 22.5. The lowest BCUT2D eigenvalue weighted by Gasteiger charge is -2.31. The Balaban J connectivity index is 1.21. The highest BCUT2D eigenvalue weighted by molar-refractivity contribution is 6.22. The fourth-order valence-electron chi connectivity index (χ4n) is 9.98. The summed E-state index contributed by atoms with van der Waals surface area (Å²) in [4.78, 5) is 2.58. The lowest BCUT2D eigenvalue weighted by molar-refractivity contribution is 0.590. The molecule has 2 heteroatoms. The van der Waals surface area contributed by atoms with E-state index in [0.29, 0.717) is 0 Å². The molecule has 0 saturated carbocycles. The summed E-state index contributed by atoms with van der Waals surface area (Å²) in [6.07, 6.45) is 3.35. The molecule has 0 spiro atoms. The molecule has 1 aromatic heterocycles. The first kappa shape index (κ1) is 39.2. The number of benzene rings is 9. The van der Waals surface area contributed by atoms with E-state index < -0.39 is 0 Å². The van der Waals surface area contributed by atoms with Crippen LogP contribution in [0, 0.1) is 0 Å². The maximum absolute atomic E-state index is 2.58. The second kappa shape index (κ2) is 16.2. The normalized spacial score (nSPS) is 14.0. The summed E-state index contributed by atoms with van der Waals surface area (Å²) in [5, 5.41) is 4.92. The number of hydrogen-bond donors (Lipinski definition) is 0. The molecule has 1 unspecified atom stereocenters. The van der Waals surface area contributed by atoms with Crippen molar-refractivity contribution in [1.29, 1.82) is 0 Å². The monoisotopic (exact) mass is 822 g/mol. The van der Waals surface area contributed by atoms with Crippen LogP contribution in [0.4, 0.5) is 5.69 Å². The Hall–Kier alpha value is -7.68. The van der Waals surface area contributed by atoms with Crippen LogP contribution in [0.5, 0.6) is 0 Å². The molecule has 1 aliphatic rings. The van der Waals surface area contributed by atoms with Gasteiger partial charge in [0.05, 0.1) is 17.4 Å². The predicted molar refractivity (Wildman–Crippen MR) is 272 cm³/mol. The molecule has 10 aromatic rings. The van der Waals surface area contributed by atoms with Gasteiger partial charge in [-0.3, -0.25) is 0 Å². The zero-order valence-electron chi connectivity index (χ0n) is 36.6. The van der Waals surface area contributed by atoms with Crippen LogP contribution in [0.2, 0.25) is 0 Å². The highest BCUT2D eigenvalue weighted by Crippen LogP contribution is 2.49. The summed E-state index contributed by atoms with van der Waals surface area (Å²) >= 11 is 0. The number of aromatic nitrogens is 1. The molecule has 1 atom stereocenters. The van der Waals surface area contributed by atoms with Gasteiger partial charge in [0.25, 0.3) is 0 Å². The predicted octanol–water partition coefficient (Wildman–Crippen LogP) is 16.7. The van der Waals surface area contributed by atoms with E-state index >= 15 is 0 Å². The molecule has 9 aromatic carbocycles. The molecule has 0 bridgehead atoms. The summed E-state index contributed by atoms with van der Waals surface area (Å²) in [7, 11) is 0. The van der Waals surface area contributed by atoms with Gasteiger partial charge in [0.1, 0.15) is 0 Å². The largest absolute Gasteiger partial charge is 0.333 e. The molecule has 2 nitrogen and oxygen atoms in total. The minimum absolute atomic E-state index is 0.0347. The highest BCUT2D eigenvalue weighted by Gasteiger charge is 2.31. The Kier molecular flexibility index (Phi) is 9.93. The van der Waals surface area contributed by atoms with Crippen molar-refractivity contribution in [1.82, 2.24) is 4.57 Å². The highest BCUT2D eigenvalue weighted by atomic mass is 15.2. The average molecular weight is 823 g/mol. The van der Waals surface area contributed by atoms with Crippen molar-refractivity contribution in [3.8, 4) is 50.5 Å². The zero-order chi connectivity index (χ0) is 43.2. The van der Waals surface area contributed by atoms with Crippen molar-refractivity contribution >= 4 is 32.9 Å². The Bertz CT molecular complexity index is 3230. The van der Waals surface area contributed by atoms with Crippen LogP contribution in [0.25, 0.3) is 77.7 Å². The molecule has 0 saturated heterocycles. The van der Waals surface area contributed by atoms with E-state index in [-0.39, 0.29) is 11.5 Å².